The summed E-state index contributed by atoms with van der Waals surface area (Å²) in [5.41, 5.74) is 8.15. The van der Waals surface area contributed by atoms with Gasteiger partial charge in [0.05, 0.1) is 22.8 Å². The zero-order chi connectivity index (χ0) is 23.5. The van der Waals surface area contributed by atoms with E-state index >= 15 is 0 Å². The standard InChI is InChI=1S/C20H14N4.C7H5O2.Co/c1-2-14-10-16-5-6-18(23-16)12-20-8-7-19(24-20)11-17-4-3-15(22-17)9-13(1)21-14;8-7(9)6-4-2-1-3-5-6;/h1-12,21,24H;2-5H,(H,8,9);. The average molecular weight is 490 g/mol. The van der Waals surface area contributed by atoms with E-state index in [1.54, 1.807) is 12.1 Å². The van der Waals surface area contributed by atoms with Crippen molar-refractivity contribution in [1.29, 1.82) is 0 Å². The van der Waals surface area contributed by atoms with Crippen molar-refractivity contribution >= 4 is 56.8 Å². The van der Waals surface area contributed by atoms with E-state index in [2.05, 4.69) is 59.9 Å². The summed E-state index contributed by atoms with van der Waals surface area (Å²) in [4.78, 5) is 26.3. The molecule has 0 fully saturated rings. The fourth-order valence-electron chi connectivity index (χ4n) is 3.53. The van der Waals surface area contributed by atoms with Gasteiger partial charge in [-0.15, -0.1) is 0 Å². The van der Waals surface area contributed by atoms with Crippen molar-refractivity contribution in [1.82, 2.24) is 19.9 Å². The molecule has 8 bridgehead atoms. The van der Waals surface area contributed by atoms with Gasteiger partial charge in [-0.1, -0.05) is 0 Å². The Bertz CT molecular complexity index is 1420. The molecule has 0 spiro atoms. The number of carboxylic acid groups (broad SMARTS) is 1. The number of hydrogen-bond acceptors (Lipinski definition) is 3. The minimum absolute atomic E-state index is 0.289. The van der Waals surface area contributed by atoms with Crippen LogP contribution in [0, 0.1) is 0 Å². The monoisotopic (exact) mass is 490 g/mol. The predicted molar refractivity (Wildman–Crippen MR) is 132 cm³/mol. The fourth-order valence-corrected chi connectivity index (χ4v) is 3.70. The Balaban J connectivity index is 0.000000204. The first-order chi connectivity index (χ1) is 16.5. The maximum absolute atomic E-state index is 10.3. The number of aromatic amines is 2. The van der Waals surface area contributed by atoms with Crippen LogP contribution in [0.5, 0.6) is 0 Å². The first-order valence-electron chi connectivity index (χ1n) is 10.5. The fraction of sp³-hybridized carbons (Fsp3) is 0. The van der Waals surface area contributed by atoms with Crippen LogP contribution in [0.15, 0.2) is 72.8 Å². The van der Waals surface area contributed by atoms with Gasteiger partial charge < -0.3 is 9.97 Å². The van der Waals surface area contributed by atoms with E-state index in [4.69, 9.17) is 5.11 Å². The van der Waals surface area contributed by atoms with Gasteiger partial charge in [-0.3, -0.25) is 0 Å². The van der Waals surface area contributed by atoms with Gasteiger partial charge in [0, 0.05) is 22.1 Å². The van der Waals surface area contributed by atoms with Crippen LogP contribution >= 0.6 is 0 Å². The molecule has 6 rings (SSSR count). The van der Waals surface area contributed by atoms with Crippen molar-refractivity contribution in [2.45, 2.75) is 0 Å². The second kappa shape index (κ2) is 9.34. The maximum atomic E-state index is 10.3. The van der Waals surface area contributed by atoms with Gasteiger partial charge >= 0.3 is 65.9 Å². The number of nitrogens with one attached hydrogen (secondary N) is 2. The molecule has 0 aliphatic carbocycles. The zero-order valence-corrected chi connectivity index (χ0v) is 18.9. The summed E-state index contributed by atoms with van der Waals surface area (Å²) in [6.07, 6.45) is 8.09. The van der Waals surface area contributed by atoms with Crippen LogP contribution in [0.2, 0.25) is 0 Å². The van der Waals surface area contributed by atoms with Crippen molar-refractivity contribution in [3.63, 3.8) is 0 Å². The molecule has 0 saturated carbocycles. The minimum atomic E-state index is -0.910. The Hall–Kier alpha value is -4.20. The Morgan fingerprint density at radius 1 is 0.618 bits per heavy atom. The third kappa shape index (κ3) is 5.23. The molecule has 6 nitrogen and oxygen atoms in total. The molecule has 0 radical (unpaired) electrons. The number of benzene rings is 1. The van der Waals surface area contributed by atoms with E-state index in [1.807, 2.05) is 48.6 Å². The quantitative estimate of drug-likeness (QED) is 0.295. The molecule has 0 atom stereocenters. The third-order valence-electron chi connectivity index (χ3n) is 5.12. The molecule has 3 N–H and O–H groups in total. The molecule has 5 heterocycles. The SMILES string of the molecule is C1=Cc2cc3ccc(cc4nc(cc5ccc(cc1n2)[nH]5)C=C4)[nH]3.O=C(O)c1cc[c]([Co])cc1. The molecule has 168 valence electrons. The van der Waals surface area contributed by atoms with E-state index < -0.39 is 5.97 Å². The van der Waals surface area contributed by atoms with Crippen molar-refractivity contribution in [3.8, 4) is 0 Å². The summed E-state index contributed by atoms with van der Waals surface area (Å²) >= 11 is 4.05. The third-order valence-corrected chi connectivity index (χ3v) is 5.47. The number of rotatable bonds is 1. The topological polar surface area (TPSA) is 94.7 Å². The van der Waals surface area contributed by atoms with Crippen molar-refractivity contribution in [2.24, 2.45) is 0 Å². The van der Waals surface area contributed by atoms with Crippen molar-refractivity contribution < 1.29 is 25.6 Å². The molecule has 0 saturated heterocycles. The van der Waals surface area contributed by atoms with E-state index in [0.29, 0.717) is 0 Å². The number of aromatic carboxylic acids is 1. The molecular formula is C27H19CoN4O2. The number of hydrogen-bond donors (Lipinski definition) is 3. The molecule has 7 heteroatoms. The summed E-state index contributed by atoms with van der Waals surface area (Å²) in [5, 5.41) is 8.45. The number of aromatic nitrogens is 4. The van der Waals surface area contributed by atoms with Gasteiger partial charge in [0.25, 0.3) is 0 Å². The molecule has 2 aliphatic heterocycles. The summed E-state index contributed by atoms with van der Waals surface area (Å²) in [7, 11) is 0. The Kier molecular flexibility index (Phi) is 5.95. The van der Waals surface area contributed by atoms with E-state index in [9.17, 15) is 4.79 Å². The van der Waals surface area contributed by atoms with E-state index in [-0.39, 0.29) is 5.56 Å². The second-order valence-electron chi connectivity index (χ2n) is 7.69. The van der Waals surface area contributed by atoms with Gasteiger partial charge in [0.15, 0.2) is 0 Å². The number of fused-ring (bicyclic) bond motifs is 8. The normalized spacial score (nSPS) is 11.7. The predicted octanol–water partition coefficient (Wildman–Crippen LogP) is 5.21. The molecular weight excluding hydrogens is 471 g/mol. The number of nitrogens with zero attached hydrogens (tertiary/aromatic N) is 2. The van der Waals surface area contributed by atoms with E-state index in [1.165, 1.54) is 12.1 Å². The molecule has 0 unspecified atom stereocenters. The van der Waals surface area contributed by atoms with Gasteiger partial charge in [-0.25, -0.2) is 9.97 Å². The van der Waals surface area contributed by atoms with Crippen LogP contribution in [0.3, 0.4) is 0 Å². The van der Waals surface area contributed by atoms with Gasteiger partial charge in [-0.2, -0.15) is 0 Å². The Morgan fingerprint density at radius 2 is 0.971 bits per heavy atom. The van der Waals surface area contributed by atoms with Gasteiger partial charge in [0.2, 0.25) is 0 Å². The summed E-state index contributed by atoms with van der Waals surface area (Å²) in [6.45, 7) is 0. The Morgan fingerprint density at radius 3 is 1.29 bits per heavy atom. The molecule has 3 aromatic heterocycles. The number of carbonyl (C=O) groups is 1. The van der Waals surface area contributed by atoms with Crippen LogP contribution < -0.4 is 4.50 Å². The molecule has 2 aliphatic rings. The first-order valence-corrected chi connectivity index (χ1v) is 11.0. The van der Waals surface area contributed by atoms with Gasteiger partial charge in [-0.05, 0) is 72.8 Å². The van der Waals surface area contributed by atoms with Crippen LogP contribution in [0.4, 0.5) is 0 Å². The molecule has 1 aromatic carbocycles. The average Bonchev–Trinajstić information content (AvgIpc) is 3.60. The van der Waals surface area contributed by atoms with Crippen molar-refractivity contribution in [2.75, 3.05) is 0 Å². The van der Waals surface area contributed by atoms with E-state index in [0.717, 1.165) is 49.3 Å². The molecule has 34 heavy (non-hydrogen) atoms. The zero-order valence-electron chi connectivity index (χ0n) is 17.8. The summed E-state index contributed by atoms with van der Waals surface area (Å²) in [6, 6.07) is 22.7. The van der Waals surface area contributed by atoms with Crippen LogP contribution in [0.1, 0.15) is 33.1 Å². The van der Waals surface area contributed by atoms with Crippen LogP contribution in [-0.2, 0) is 15.7 Å². The molecule has 0 amide bonds. The summed E-state index contributed by atoms with van der Waals surface area (Å²) in [5.74, 6) is -0.910. The van der Waals surface area contributed by atoms with Crippen molar-refractivity contribution in [3.05, 3.63) is 101 Å². The van der Waals surface area contributed by atoms with Crippen LogP contribution in [-0.4, -0.2) is 31.0 Å². The number of carboxylic acids is 1. The van der Waals surface area contributed by atoms with Gasteiger partial charge in [0.1, 0.15) is 0 Å². The Labute approximate surface area is 203 Å². The first kappa shape index (κ1) is 21.6. The second-order valence-corrected chi connectivity index (χ2v) is 8.29. The number of H-pyrrole nitrogens is 2. The molecule has 4 aromatic rings. The van der Waals surface area contributed by atoms with Crippen LogP contribution in [0.25, 0.3) is 46.4 Å². The summed E-state index contributed by atoms with van der Waals surface area (Å²) < 4.78 is 0.762.